The minimum absolute atomic E-state index is 0.740. The van der Waals surface area contributed by atoms with Gasteiger partial charge in [-0.1, -0.05) is 6.07 Å². The molecule has 0 radical (unpaired) electrons. The standard InChI is InChI=1S/C12H9N2PS/c1-2-11(15-6-1)10-8-9(3-4-13-10)12-14-5-7-16-12/h1-8,15H. The Balaban J connectivity index is 2.07. The Labute approximate surface area is 99.1 Å². The van der Waals surface area contributed by atoms with Gasteiger partial charge < -0.3 is 0 Å². The van der Waals surface area contributed by atoms with Gasteiger partial charge in [0.05, 0.1) is 5.69 Å². The van der Waals surface area contributed by atoms with Gasteiger partial charge in [-0.05, 0) is 24.0 Å². The molecule has 0 fully saturated rings. The molecule has 0 N–H and O–H groups in total. The molecule has 0 saturated heterocycles. The monoisotopic (exact) mass is 244 g/mol. The highest BCUT2D eigenvalue weighted by Crippen LogP contribution is 2.30. The maximum absolute atomic E-state index is 4.41. The van der Waals surface area contributed by atoms with E-state index in [-0.39, 0.29) is 0 Å². The predicted octanol–water partition coefficient (Wildman–Crippen LogP) is 3.90. The molecule has 1 unspecified atom stereocenters. The summed E-state index contributed by atoms with van der Waals surface area (Å²) in [5.41, 5.74) is 2.22. The van der Waals surface area contributed by atoms with Crippen LogP contribution in [-0.4, -0.2) is 9.97 Å². The number of hydrogen-bond donors (Lipinski definition) is 0. The number of thiazole rings is 1. The minimum atomic E-state index is 0.740. The van der Waals surface area contributed by atoms with Crippen LogP contribution < -0.4 is 0 Å². The van der Waals surface area contributed by atoms with Gasteiger partial charge in [-0.15, -0.1) is 19.5 Å². The molecule has 4 heteroatoms. The van der Waals surface area contributed by atoms with E-state index in [1.54, 1.807) is 11.3 Å². The fraction of sp³-hybridized carbons (Fsp3) is 0. The third-order valence-electron chi connectivity index (χ3n) is 2.31. The summed E-state index contributed by atoms with van der Waals surface area (Å²) in [6, 6.07) is 8.34. The van der Waals surface area contributed by atoms with Crippen LogP contribution in [0, 0.1) is 0 Å². The molecule has 2 nitrogen and oxygen atoms in total. The zero-order chi connectivity index (χ0) is 10.8. The van der Waals surface area contributed by atoms with E-state index in [0.717, 1.165) is 24.5 Å². The maximum atomic E-state index is 4.41. The zero-order valence-corrected chi connectivity index (χ0v) is 10.2. The Morgan fingerprint density at radius 1 is 1.12 bits per heavy atom. The summed E-state index contributed by atoms with van der Waals surface area (Å²) < 4.78 is 0. The van der Waals surface area contributed by atoms with Crippen molar-refractivity contribution >= 4 is 19.5 Å². The lowest BCUT2D eigenvalue weighted by Crippen LogP contribution is -1.81. The lowest BCUT2D eigenvalue weighted by molar-refractivity contribution is 1.33. The van der Waals surface area contributed by atoms with E-state index < -0.39 is 0 Å². The molecule has 3 rings (SSSR count). The van der Waals surface area contributed by atoms with Crippen LogP contribution in [0.15, 0.2) is 47.8 Å². The predicted molar refractivity (Wildman–Crippen MR) is 70.3 cm³/mol. The van der Waals surface area contributed by atoms with E-state index in [4.69, 9.17) is 0 Å². The van der Waals surface area contributed by atoms with Gasteiger partial charge >= 0.3 is 0 Å². The molecule has 0 aliphatic carbocycles. The fourth-order valence-electron chi connectivity index (χ4n) is 1.57. The zero-order valence-electron chi connectivity index (χ0n) is 8.42. The van der Waals surface area contributed by atoms with Crippen LogP contribution in [0.5, 0.6) is 0 Å². The van der Waals surface area contributed by atoms with Crippen molar-refractivity contribution in [2.45, 2.75) is 0 Å². The van der Waals surface area contributed by atoms with Gasteiger partial charge in [0, 0.05) is 28.6 Å². The van der Waals surface area contributed by atoms with Crippen molar-refractivity contribution in [3.63, 3.8) is 0 Å². The molecule has 0 saturated carbocycles. The summed E-state index contributed by atoms with van der Waals surface area (Å²) in [5.74, 6) is 2.17. The van der Waals surface area contributed by atoms with Crippen molar-refractivity contribution in [1.29, 1.82) is 0 Å². The smallest absolute Gasteiger partial charge is 0.123 e. The van der Waals surface area contributed by atoms with Crippen LogP contribution >= 0.6 is 19.5 Å². The van der Waals surface area contributed by atoms with Gasteiger partial charge in [0.2, 0.25) is 0 Å². The van der Waals surface area contributed by atoms with Crippen molar-refractivity contribution in [3.8, 4) is 21.6 Å². The van der Waals surface area contributed by atoms with Crippen LogP contribution in [0.1, 0.15) is 0 Å². The van der Waals surface area contributed by atoms with Gasteiger partial charge in [0.15, 0.2) is 0 Å². The summed E-state index contributed by atoms with van der Waals surface area (Å²) >= 11 is 1.66. The van der Waals surface area contributed by atoms with E-state index >= 15 is 0 Å². The number of nitrogens with zero attached hydrogens (tertiary/aromatic N) is 2. The van der Waals surface area contributed by atoms with Crippen LogP contribution in [0.2, 0.25) is 0 Å². The SMILES string of the molecule is c1c[pH]c(-c2cc(-c3nccs3)ccn2)c1. The molecule has 0 spiro atoms. The maximum Gasteiger partial charge on any atom is 0.123 e. The molecule has 78 valence electrons. The van der Waals surface area contributed by atoms with Gasteiger partial charge in [0.25, 0.3) is 0 Å². The fourth-order valence-corrected chi connectivity index (χ4v) is 3.05. The Bertz CT molecular complexity index is 523. The first-order valence-electron chi connectivity index (χ1n) is 4.93. The molecule has 3 heterocycles. The van der Waals surface area contributed by atoms with Crippen LogP contribution in [0.3, 0.4) is 0 Å². The first kappa shape index (κ1) is 9.76. The summed E-state index contributed by atoms with van der Waals surface area (Å²) in [7, 11) is 0.740. The minimum Gasteiger partial charge on any atom is -0.256 e. The third-order valence-corrected chi connectivity index (χ3v) is 4.23. The number of aromatic nitrogens is 2. The van der Waals surface area contributed by atoms with Crippen molar-refractivity contribution in [3.05, 3.63) is 47.8 Å². The largest absolute Gasteiger partial charge is 0.256 e. The van der Waals surface area contributed by atoms with Crippen LogP contribution in [0.4, 0.5) is 0 Å². The van der Waals surface area contributed by atoms with Gasteiger partial charge in [-0.3, -0.25) is 4.98 Å². The normalized spacial score (nSPS) is 11.0. The van der Waals surface area contributed by atoms with E-state index in [9.17, 15) is 0 Å². The van der Waals surface area contributed by atoms with E-state index in [1.165, 1.54) is 5.30 Å². The second-order valence-corrected chi connectivity index (χ2v) is 5.41. The Morgan fingerprint density at radius 2 is 2.12 bits per heavy atom. The van der Waals surface area contributed by atoms with Crippen LogP contribution in [-0.2, 0) is 0 Å². The molecule has 0 aromatic carbocycles. The molecule has 3 aromatic heterocycles. The van der Waals surface area contributed by atoms with Crippen molar-refractivity contribution in [2.24, 2.45) is 0 Å². The highest BCUT2D eigenvalue weighted by molar-refractivity contribution is 7.33. The van der Waals surface area contributed by atoms with Crippen molar-refractivity contribution in [1.82, 2.24) is 9.97 Å². The molecular weight excluding hydrogens is 235 g/mol. The Kier molecular flexibility index (Phi) is 2.56. The first-order valence-corrected chi connectivity index (χ1v) is 6.89. The van der Waals surface area contributed by atoms with Crippen molar-refractivity contribution in [2.75, 3.05) is 0 Å². The number of rotatable bonds is 2. The molecule has 3 aromatic rings. The molecule has 0 aliphatic rings. The van der Waals surface area contributed by atoms with E-state index in [1.807, 2.05) is 23.8 Å². The first-order chi connectivity index (χ1) is 7.93. The quantitative estimate of drug-likeness (QED) is 0.683. The van der Waals surface area contributed by atoms with Crippen LogP contribution in [0.25, 0.3) is 21.6 Å². The highest BCUT2D eigenvalue weighted by atomic mass is 32.1. The average Bonchev–Trinajstić information content (AvgIpc) is 3.03. The topological polar surface area (TPSA) is 25.8 Å². The molecule has 16 heavy (non-hydrogen) atoms. The molecule has 0 bridgehead atoms. The van der Waals surface area contributed by atoms with Gasteiger partial charge in [-0.2, -0.15) is 0 Å². The molecule has 0 aliphatic heterocycles. The highest BCUT2D eigenvalue weighted by Gasteiger charge is 2.04. The third kappa shape index (κ3) is 1.80. The Hall–Kier alpha value is -1.44. The second-order valence-electron chi connectivity index (χ2n) is 3.35. The van der Waals surface area contributed by atoms with Gasteiger partial charge in [0.1, 0.15) is 5.01 Å². The Morgan fingerprint density at radius 3 is 2.88 bits per heavy atom. The summed E-state index contributed by atoms with van der Waals surface area (Å²) in [5, 5.41) is 4.35. The molecule has 1 atom stereocenters. The summed E-state index contributed by atoms with van der Waals surface area (Å²) in [4.78, 5) is 8.72. The van der Waals surface area contributed by atoms with E-state index in [0.29, 0.717) is 0 Å². The summed E-state index contributed by atoms with van der Waals surface area (Å²) in [6.07, 6.45) is 3.69. The lowest BCUT2D eigenvalue weighted by Gasteiger charge is -2.00. The molecule has 0 amide bonds. The van der Waals surface area contributed by atoms with Gasteiger partial charge in [-0.25, -0.2) is 4.98 Å². The number of pyridine rings is 1. The lowest BCUT2D eigenvalue weighted by atomic mass is 10.2. The number of hydrogen-bond acceptors (Lipinski definition) is 3. The average molecular weight is 244 g/mol. The van der Waals surface area contributed by atoms with E-state index in [2.05, 4.69) is 34.0 Å². The summed E-state index contributed by atoms with van der Waals surface area (Å²) in [6.45, 7) is 0. The van der Waals surface area contributed by atoms with Crippen molar-refractivity contribution < 1.29 is 0 Å². The second kappa shape index (κ2) is 4.20. The molecular formula is C12H9N2PS.